The fourth-order valence-electron chi connectivity index (χ4n) is 2.06. The van der Waals surface area contributed by atoms with Gasteiger partial charge in [-0.3, -0.25) is 0 Å². The summed E-state index contributed by atoms with van der Waals surface area (Å²) in [7, 11) is 3.58. The Morgan fingerprint density at radius 2 is 2.20 bits per heavy atom. The number of nitrogens with one attached hydrogen (secondary N) is 1. The van der Waals surface area contributed by atoms with E-state index in [0.29, 0.717) is 6.61 Å². The Balaban J connectivity index is 2.12. The van der Waals surface area contributed by atoms with Gasteiger partial charge in [-0.15, -0.1) is 0 Å². The van der Waals surface area contributed by atoms with Gasteiger partial charge >= 0.3 is 0 Å². The molecule has 2 rings (SSSR count). The number of hydrogen-bond donors (Lipinski definition) is 1. The van der Waals surface area contributed by atoms with Crippen molar-refractivity contribution in [3.05, 3.63) is 42.0 Å². The molecule has 2 aromatic rings. The Morgan fingerprint density at radius 1 is 1.35 bits per heavy atom. The molecule has 0 aliphatic carbocycles. The summed E-state index contributed by atoms with van der Waals surface area (Å²) in [4.78, 5) is 4.14. The van der Waals surface area contributed by atoms with Gasteiger partial charge < -0.3 is 19.4 Å². The molecule has 1 aromatic carbocycles. The Labute approximate surface area is 119 Å². The van der Waals surface area contributed by atoms with Crippen molar-refractivity contribution in [3.8, 4) is 11.5 Å². The van der Waals surface area contributed by atoms with Gasteiger partial charge in [-0.1, -0.05) is 0 Å². The van der Waals surface area contributed by atoms with E-state index < -0.39 is 0 Å². The molecule has 0 fully saturated rings. The van der Waals surface area contributed by atoms with Gasteiger partial charge in [0.25, 0.3) is 0 Å². The average Bonchev–Trinajstić information content (AvgIpc) is 2.93. The molecule has 0 unspecified atom stereocenters. The normalized spacial score (nSPS) is 10.6. The van der Waals surface area contributed by atoms with Crippen LogP contribution in [0.3, 0.4) is 0 Å². The highest BCUT2D eigenvalue weighted by Crippen LogP contribution is 2.25. The second-order valence-electron chi connectivity index (χ2n) is 4.46. The molecule has 0 saturated heterocycles. The van der Waals surface area contributed by atoms with Gasteiger partial charge in [0.2, 0.25) is 0 Å². The summed E-state index contributed by atoms with van der Waals surface area (Å²) in [6.45, 7) is 4.23. The lowest BCUT2D eigenvalue weighted by Crippen LogP contribution is -2.09. The van der Waals surface area contributed by atoms with E-state index in [4.69, 9.17) is 9.47 Å². The zero-order valence-electron chi connectivity index (χ0n) is 12.2. The van der Waals surface area contributed by atoms with Crippen LogP contribution in [-0.4, -0.2) is 23.7 Å². The largest absolute Gasteiger partial charge is 0.497 e. The van der Waals surface area contributed by atoms with E-state index in [0.717, 1.165) is 35.8 Å². The number of nitrogens with zero attached hydrogens (tertiary/aromatic N) is 2. The van der Waals surface area contributed by atoms with Gasteiger partial charge in [0.15, 0.2) is 0 Å². The first kappa shape index (κ1) is 14.4. The van der Waals surface area contributed by atoms with Crippen molar-refractivity contribution < 1.29 is 9.47 Å². The van der Waals surface area contributed by atoms with Crippen LogP contribution < -0.4 is 14.8 Å². The molecule has 1 aromatic heterocycles. The second-order valence-corrected chi connectivity index (χ2v) is 4.46. The third kappa shape index (κ3) is 3.30. The van der Waals surface area contributed by atoms with Gasteiger partial charge in [-0.2, -0.15) is 0 Å². The fraction of sp³-hybridized carbons (Fsp3) is 0.400. The van der Waals surface area contributed by atoms with Crippen LogP contribution in [0.25, 0.3) is 0 Å². The van der Waals surface area contributed by atoms with Crippen molar-refractivity contribution in [1.29, 1.82) is 0 Å². The Bertz CT molecular complexity index is 552. The van der Waals surface area contributed by atoms with Crippen LogP contribution in [0.1, 0.15) is 18.2 Å². The third-order valence-corrected chi connectivity index (χ3v) is 3.15. The molecule has 0 amide bonds. The van der Waals surface area contributed by atoms with Crippen molar-refractivity contribution in [3.63, 3.8) is 0 Å². The topological polar surface area (TPSA) is 48.3 Å². The predicted octanol–water partition coefficient (Wildman–Crippen LogP) is 2.21. The van der Waals surface area contributed by atoms with E-state index >= 15 is 0 Å². The number of benzene rings is 1. The Kier molecular flexibility index (Phi) is 5.01. The van der Waals surface area contributed by atoms with E-state index in [2.05, 4.69) is 21.8 Å². The van der Waals surface area contributed by atoms with Crippen LogP contribution in [0.15, 0.2) is 30.7 Å². The number of ether oxygens (including phenoxy) is 2. The molecular formula is C15H21N3O2. The van der Waals surface area contributed by atoms with Crippen LogP contribution in [0, 0.1) is 0 Å². The number of imidazole rings is 1. The molecule has 0 aliphatic heterocycles. The van der Waals surface area contributed by atoms with E-state index in [1.54, 1.807) is 7.11 Å². The molecule has 108 valence electrons. The molecule has 20 heavy (non-hydrogen) atoms. The Morgan fingerprint density at radius 3 is 2.90 bits per heavy atom. The maximum Gasteiger partial charge on any atom is 0.130 e. The molecule has 5 heteroatoms. The van der Waals surface area contributed by atoms with E-state index in [-0.39, 0.29) is 0 Å². The summed E-state index contributed by atoms with van der Waals surface area (Å²) >= 11 is 0. The molecular weight excluding hydrogens is 254 g/mol. The minimum atomic E-state index is 0.511. The molecule has 0 spiro atoms. The van der Waals surface area contributed by atoms with Gasteiger partial charge in [-0.25, -0.2) is 4.98 Å². The monoisotopic (exact) mass is 275 g/mol. The molecule has 0 bridgehead atoms. The van der Waals surface area contributed by atoms with E-state index in [1.807, 2.05) is 37.8 Å². The zero-order valence-corrected chi connectivity index (χ0v) is 12.2. The molecule has 1 heterocycles. The first-order chi connectivity index (χ1) is 9.78. The number of rotatable bonds is 7. The highest BCUT2D eigenvalue weighted by atomic mass is 16.5. The van der Waals surface area contributed by atoms with Crippen molar-refractivity contribution >= 4 is 0 Å². The number of aromatic nitrogens is 2. The summed E-state index contributed by atoms with van der Waals surface area (Å²) in [5.74, 6) is 1.70. The molecule has 0 saturated carbocycles. The second kappa shape index (κ2) is 6.96. The number of aryl methyl sites for hydroxylation is 1. The number of hydrogen-bond acceptors (Lipinski definition) is 4. The lowest BCUT2D eigenvalue weighted by Gasteiger charge is -2.13. The van der Waals surface area contributed by atoms with Crippen LogP contribution in [0.4, 0.5) is 0 Å². The van der Waals surface area contributed by atoms with Crippen LogP contribution >= 0.6 is 0 Å². The van der Waals surface area contributed by atoms with E-state index in [1.165, 1.54) is 0 Å². The van der Waals surface area contributed by atoms with Crippen molar-refractivity contribution in [2.45, 2.75) is 26.6 Å². The first-order valence-electron chi connectivity index (χ1n) is 6.71. The summed E-state index contributed by atoms with van der Waals surface area (Å²) in [6, 6.07) is 5.84. The average molecular weight is 275 g/mol. The number of methoxy groups -OCH3 is 1. The van der Waals surface area contributed by atoms with Gasteiger partial charge in [0.1, 0.15) is 18.1 Å². The van der Waals surface area contributed by atoms with Gasteiger partial charge in [0.05, 0.1) is 25.3 Å². The van der Waals surface area contributed by atoms with Crippen LogP contribution in [-0.2, 0) is 19.7 Å². The van der Waals surface area contributed by atoms with E-state index in [9.17, 15) is 0 Å². The highest BCUT2D eigenvalue weighted by molar-refractivity contribution is 5.40. The molecule has 1 N–H and O–H groups in total. The van der Waals surface area contributed by atoms with Crippen molar-refractivity contribution in [2.24, 2.45) is 0 Å². The smallest absolute Gasteiger partial charge is 0.130 e. The Hall–Kier alpha value is -2.01. The SMILES string of the molecule is CCn1cncc1COc1ccc(OC)cc1CNC. The van der Waals surface area contributed by atoms with Crippen molar-refractivity contribution in [1.82, 2.24) is 14.9 Å². The first-order valence-corrected chi connectivity index (χ1v) is 6.71. The van der Waals surface area contributed by atoms with Gasteiger partial charge in [0, 0.05) is 18.7 Å². The quantitative estimate of drug-likeness (QED) is 0.841. The minimum Gasteiger partial charge on any atom is -0.497 e. The van der Waals surface area contributed by atoms with Crippen molar-refractivity contribution in [2.75, 3.05) is 14.2 Å². The summed E-state index contributed by atoms with van der Waals surface area (Å²) in [6.07, 6.45) is 3.66. The summed E-state index contributed by atoms with van der Waals surface area (Å²) in [5.41, 5.74) is 2.15. The predicted molar refractivity (Wildman–Crippen MR) is 78.0 cm³/mol. The molecule has 0 aliphatic rings. The molecule has 5 nitrogen and oxygen atoms in total. The summed E-state index contributed by atoms with van der Waals surface area (Å²) < 4.78 is 13.2. The lowest BCUT2D eigenvalue weighted by molar-refractivity contribution is 0.291. The highest BCUT2D eigenvalue weighted by Gasteiger charge is 2.07. The van der Waals surface area contributed by atoms with Crippen LogP contribution in [0.5, 0.6) is 11.5 Å². The minimum absolute atomic E-state index is 0.511. The van der Waals surface area contributed by atoms with Gasteiger partial charge in [-0.05, 0) is 32.2 Å². The third-order valence-electron chi connectivity index (χ3n) is 3.15. The fourth-order valence-corrected chi connectivity index (χ4v) is 2.06. The maximum atomic E-state index is 5.92. The molecule has 0 atom stereocenters. The molecule has 0 radical (unpaired) electrons. The summed E-state index contributed by atoms with van der Waals surface area (Å²) in [5, 5.41) is 3.14. The lowest BCUT2D eigenvalue weighted by atomic mass is 10.2. The standard InChI is InChI=1S/C15H21N3O2/c1-4-18-11-17-9-13(18)10-20-15-6-5-14(19-3)7-12(15)8-16-2/h5-7,9,11,16H,4,8,10H2,1-3H3. The maximum absolute atomic E-state index is 5.92. The van der Waals surface area contributed by atoms with Crippen LogP contribution in [0.2, 0.25) is 0 Å². The zero-order chi connectivity index (χ0) is 14.4.